The average molecular weight is 559 g/mol. The second-order valence-corrected chi connectivity index (χ2v) is 9.41. The van der Waals surface area contributed by atoms with Crippen LogP contribution >= 0.6 is 0 Å². The van der Waals surface area contributed by atoms with Crippen LogP contribution < -0.4 is 20.2 Å². The number of hydrogen-bond acceptors (Lipinski definition) is 5. The number of nitrogens with zero attached hydrogens (tertiary/aromatic N) is 2. The van der Waals surface area contributed by atoms with Crippen molar-refractivity contribution < 1.29 is 19.1 Å². The fourth-order valence-electron chi connectivity index (χ4n) is 4.56. The van der Waals surface area contributed by atoms with Crippen LogP contribution in [-0.2, 0) is 11.3 Å². The number of nitrogens with one attached hydrogen (secondary N) is 2. The molecule has 8 heteroatoms. The molecule has 4 aromatic carbocycles. The Morgan fingerprint density at radius 2 is 1.52 bits per heavy atom. The van der Waals surface area contributed by atoms with Gasteiger partial charge in [0.25, 0.3) is 11.8 Å². The van der Waals surface area contributed by atoms with E-state index in [1.807, 2.05) is 48.7 Å². The highest BCUT2D eigenvalue weighted by Crippen LogP contribution is 2.28. The van der Waals surface area contributed by atoms with Crippen LogP contribution in [0.15, 0.2) is 120 Å². The Balaban J connectivity index is 1.40. The number of hydrogen-bond donors (Lipinski definition) is 2. The lowest BCUT2D eigenvalue weighted by molar-refractivity contribution is -0.117. The molecule has 0 atom stereocenters. The first-order valence-electron chi connectivity index (χ1n) is 13.3. The van der Waals surface area contributed by atoms with Crippen LogP contribution in [0.4, 0.5) is 0 Å². The summed E-state index contributed by atoms with van der Waals surface area (Å²) < 4.78 is 12.9. The van der Waals surface area contributed by atoms with E-state index in [0.717, 1.165) is 16.5 Å². The smallest absolute Gasteiger partial charge is 0.287 e. The second-order valence-electron chi connectivity index (χ2n) is 9.41. The molecule has 0 bridgehead atoms. The Morgan fingerprint density at radius 3 is 2.26 bits per heavy atom. The summed E-state index contributed by atoms with van der Waals surface area (Å²) in [5.74, 6) is 0.0269. The van der Waals surface area contributed by atoms with Gasteiger partial charge in [0.2, 0.25) is 0 Å². The lowest BCUT2D eigenvalue weighted by Crippen LogP contribution is -2.32. The fraction of sp³-hybridized carbons (Fsp3) is 0.0882. The predicted molar refractivity (Wildman–Crippen MR) is 165 cm³/mol. The Bertz CT molecular complexity index is 1760. The van der Waals surface area contributed by atoms with Crippen molar-refractivity contribution in [3.63, 3.8) is 0 Å². The van der Waals surface area contributed by atoms with Crippen molar-refractivity contribution in [3.05, 3.63) is 137 Å². The quantitative estimate of drug-likeness (QED) is 0.132. The summed E-state index contributed by atoms with van der Waals surface area (Å²) in [4.78, 5) is 26.3. The third kappa shape index (κ3) is 6.56. The van der Waals surface area contributed by atoms with Gasteiger partial charge in [0.15, 0.2) is 11.5 Å². The molecule has 0 spiro atoms. The van der Waals surface area contributed by atoms with Crippen molar-refractivity contribution >= 4 is 35.0 Å². The zero-order valence-electron chi connectivity index (χ0n) is 23.3. The Kier molecular flexibility index (Phi) is 8.74. The molecule has 0 radical (unpaired) electrons. The maximum Gasteiger partial charge on any atom is 0.287 e. The number of fused-ring (bicyclic) bond motifs is 1. The standard InChI is InChI=1S/C34H30N4O4/c1-41-31-18-17-25(20-32(31)42-2)19-29(36-33(39)26-13-7-4-8-14-26)34(40)37-35-21-27-23-38(22-24-11-5-3-6-12-24)30-16-10-9-15-28(27)30/h3-21,23H,22H2,1-2H3,(H,36,39)(H,37,40)/b29-19+,35-21-. The SMILES string of the molecule is COc1ccc(/C=C(/NC(=O)c2ccccc2)C(=O)N/N=C\c2cn(Cc3ccccc3)c3ccccc23)cc1OC. The molecule has 1 heterocycles. The van der Waals surface area contributed by atoms with Crippen LogP contribution in [0.3, 0.4) is 0 Å². The zero-order chi connectivity index (χ0) is 29.3. The van der Waals surface area contributed by atoms with E-state index in [1.165, 1.54) is 12.7 Å². The Hall–Kier alpha value is -5.63. The first kappa shape index (κ1) is 27.9. The number of rotatable bonds is 10. The van der Waals surface area contributed by atoms with Crippen molar-refractivity contribution in [1.29, 1.82) is 0 Å². The number of methoxy groups -OCH3 is 2. The van der Waals surface area contributed by atoms with E-state index in [2.05, 4.69) is 38.6 Å². The molecule has 0 aliphatic heterocycles. The normalized spacial score (nSPS) is 11.4. The Morgan fingerprint density at radius 1 is 0.833 bits per heavy atom. The van der Waals surface area contributed by atoms with E-state index >= 15 is 0 Å². The molecule has 1 aromatic heterocycles. The number of aromatic nitrogens is 1. The van der Waals surface area contributed by atoms with Gasteiger partial charge in [-0.25, -0.2) is 5.43 Å². The van der Waals surface area contributed by atoms with Crippen LogP contribution in [0.25, 0.3) is 17.0 Å². The summed E-state index contributed by atoms with van der Waals surface area (Å²) >= 11 is 0. The average Bonchev–Trinajstić information content (AvgIpc) is 3.38. The maximum atomic E-state index is 13.3. The lowest BCUT2D eigenvalue weighted by atomic mass is 10.1. The molecule has 8 nitrogen and oxygen atoms in total. The molecule has 5 rings (SSSR count). The van der Waals surface area contributed by atoms with Gasteiger partial charge in [-0.05, 0) is 47.5 Å². The van der Waals surface area contributed by atoms with Gasteiger partial charge in [0, 0.05) is 34.8 Å². The molecular formula is C34H30N4O4. The van der Waals surface area contributed by atoms with Gasteiger partial charge in [-0.3, -0.25) is 9.59 Å². The number of carbonyl (C=O) groups excluding carboxylic acids is 2. The van der Waals surface area contributed by atoms with Gasteiger partial charge in [-0.15, -0.1) is 0 Å². The van der Waals surface area contributed by atoms with Crippen molar-refractivity contribution in [2.24, 2.45) is 5.10 Å². The molecule has 0 aliphatic carbocycles. The van der Waals surface area contributed by atoms with Crippen molar-refractivity contribution in [3.8, 4) is 11.5 Å². The number of para-hydroxylation sites is 1. The van der Waals surface area contributed by atoms with Crippen molar-refractivity contribution in [2.75, 3.05) is 14.2 Å². The monoisotopic (exact) mass is 558 g/mol. The van der Waals surface area contributed by atoms with Crippen LogP contribution in [0.1, 0.15) is 27.0 Å². The van der Waals surface area contributed by atoms with E-state index in [4.69, 9.17) is 9.47 Å². The van der Waals surface area contributed by atoms with Crippen LogP contribution in [0.2, 0.25) is 0 Å². The third-order valence-electron chi connectivity index (χ3n) is 6.63. The largest absolute Gasteiger partial charge is 0.493 e. The van der Waals surface area contributed by atoms with Gasteiger partial charge in [-0.1, -0.05) is 72.8 Å². The van der Waals surface area contributed by atoms with E-state index in [0.29, 0.717) is 29.2 Å². The number of benzene rings is 4. The molecule has 0 fully saturated rings. The topological polar surface area (TPSA) is 94.0 Å². The zero-order valence-corrected chi connectivity index (χ0v) is 23.3. The van der Waals surface area contributed by atoms with Crippen LogP contribution in [-0.4, -0.2) is 36.8 Å². The summed E-state index contributed by atoms with van der Waals surface area (Å²) in [6.07, 6.45) is 5.17. The van der Waals surface area contributed by atoms with Crippen LogP contribution in [0.5, 0.6) is 11.5 Å². The number of carbonyl (C=O) groups is 2. The van der Waals surface area contributed by atoms with E-state index in [9.17, 15) is 9.59 Å². The maximum absolute atomic E-state index is 13.3. The van der Waals surface area contributed by atoms with Crippen LogP contribution in [0, 0.1) is 0 Å². The van der Waals surface area contributed by atoms with Gasteiger partial charge in [0.1, 0.15) is 5.70 Å². The molecule has 0 aliphatic rings. The number of hydrazone groups is 1. The van der Waals surface area contributed by atoms with Crippen molar-refractivity contribution in [2.45, 2.75) is 6.54 Å². The minimum absolute atomic E-state index is 0.0136. The van der Waals surface area contributed by atoms with Gasteiger partial charge < -0.3 is 19.4 Å². The van der Waals surface area contributed by atoms with Gasteiger partial charge in [-0.2, -0.15) is 5.10 Å². The number of ether oxygens (including phenoxy) is 2. The highest BCUT2D eigenvalue weighted by atomic mass is 16.5. The summed E-state index contributed by atoms with van der Waals surface area (Å²) in [5.41, 5.74) is 6.70. The molecule has 210 valence electrons. The molecule has 2 amide bonds. The second kappa shape index (κ2) is 13.1. The summed E-state index contributed by atoms with van der Waals surface area (Å²) in [6.45, 7) is 0.700. The summed E-state index contributed by atoms with van der Waals surface area (Å²) in [7, 11) is 3.07. The predicted octanol–water partition coefficient (Wildman–Crippen LogP) is 5.63. The fourth-order valence-corrected chi connectivity index (χ4v) is 4.56. The first-order valence-corrected chi connectivity index (χ1v) is 13.3. The molecule has 42 heavy (non-hydrogen) atoms. The summed E-state index contributed by atoms with van der Waals surface area (Å²) in [5, 5.41) is 7.96. The van der Waals surface area contributed by atoms with Gasteiger partial charge >= 0.3 is 0 Å². The number of amides is 2. The third-order valence-corrected chi connectivity index (χ3v) is 6.63. The highest BCUT2D eigenvalue weighted by Gasteiger charge is 2.15. The highest BCUT2D eigenvalue weighted by molar-refractivity contribution is 6.06. The first-order chi connectivity index (χ1) is 20.6. The van der Waals surface area contributed by atoms with E-state index < -0.39 is 11.8 Å². The molecule has 0 saturated carbocycles. The van der Waals surface area contributed by atoms with Gasteiger partial charge in [0.05, 0.1) is 20.4 Å². The Labute approximate surface area is 243 Å². The minimum atomic E-state index is -0.585. The molecule has 0 saturated heterocycles. The minimum Gasteiger partial charge on any atom is -0.493 e. The van der Waals surface area contributed by atoms with Crippen molar-refractivity contribution in [1.82, 2.24) is 15.3 Å². The molecule has 2 N–H and O–H groups in total. The molecule has 5 aromatic rings. The van der Waals surface area contributed by atoms with E-state index in [-0.39, 0.29) is 5.70 Å². The molecule has 0 unspecified atom stereocenters. The van der Waals surface area contributed by atoms with E-state index in [1.54, 1.807) is 61.9 Å². The lowest BCUT2D eigenvalue weighted by Gasteiger charge is -2.11. The summed E-state index contributed by atoms with van der Waals surface area (Å²) in [6, 6.07) is 32.1. The molecular weight excluding hydrogens is 528 g/mol.